The van der Waals surface area contributed by atoms with E-state index in [1.54, 1.807) is 19.1 Å². The van der Waals surface area contributed by atoms with Gasteiger partial charge in [-0.1, -0.05) is 6.92 Å². The number of hydrogen-bond donors (Lipinski definition) is 1. The van der Waals surface area contributed by atoms with Crippen LogP contribution in [0.3, 0.4) is 0 Å². The summed E-state index contributed by atoms with van der Waals surface area (Å²) in [5.41, 5.74) is 0. The molecule has 1 aliphatic heterocycles. The number of ether oxygens (including phenoxy) is 1. The molecule has 1 saturated carbocycles. The molecular formula is C17H31N3O3. The fourth-order valence-electron chi connectivity index (χ4n) is 3.92. The van der Waals surface area contributed by atoms with Crippen LogP contribution in [0.15, 0.2) is 0 Å². The van der Waals surface area contributed by atoms with Gasteiger partial charge >= 0.3 is 6.03 Å². The number of urea groups is 1. The first-order valence-electron chi connectivity index (χ1n) is 8.81. The summed E-state index contributed by atoms with van der Waals surface area (Å²) in [4.78, 5) is 28.2. The third kappa shape index (κ3) is 4.91. The molecule has 132 valence electrons. The van der Waals surface area contributed by atoms with Crippen LogP contribution in [0.1, 0.15) is 39.0 Å². The van der Waals surface area contributed by atoms with E-state index in [0.717, 1.165) is 38.8 Å². The number of methoxy groups -OCH3 is 1. The first kappa shape index (κ1) is 18.2. The van der Waals surface area contributed by atoms with Gasteiger partial charge in [0.25, 0.3) is 0 Å². The minimum absolute atomic E-state index is 0.0518. The van der Waals surface area contributed by atoms with Gasteiger partial charge in [0.15, 0.2) is 0 Å². The standard InChI is InChI=1S/C17H31N3O3/c1-4-7-20-12-14(18-17(22)19(2)8-9-23-3)10-13-11-15(21)5-6-16(13)20/h13-14,16H,4-12H2,1-3H3,(H,18,22)/t13-,14+,16-/m1/s1. The van der Waals surface area contributed by atoms with Crippen molar-refractivity contribution in [2.75, 3.05) is 40.4 Å². The van der Waals surface area contributed by atoms with Crippen LogP contribution in [-0.4, -0.2) is 74.1 Å². The average Bonchev–Trinajstić information content (AvgIpc) is 2.52. The molecule has 2 rings (SSSR count). The van der Waals surface area contributed by atoms with Crippen LogP contribution in [0.2, 0.25) is 0 Å². The molecule has 2 amide bonds. The Kier molecular flexibility index (Phi) is 6.84. The van der Waals surface area contributed by atoms with E-state index in [9.17, 15) is 9.59 Å². The molecule has 6 nitrogen and oxygen atoms in total. The Morgan fingerprint density at radius 2 is 2.26 bits per heavy atom. The molecule has 0 bridgehead atoms. The van der Waals surface area contributed by atoms with Gasteiger partial charge in [-0.2, -0.15) is 0 Å². The van der Waals surface area contributed by atoms with Crippen molar-refractivity contribution < 1.29 is 14.3 Å². The Bertz CT molecular complexity index is 416. The molecule has 0 aromatic carbocycles. The third-order valence-corrected chi connectivity index (χ3v) is 5.08. The second-order valence-corrected chi connectivity index (χ2v) is 6.90. The van der Waals surface area contributed by atoms with Crippen LogP contribution < -0.4 is 5.32 Å². The first-order chi connectivity index (χ1) is 11.0. The molecule has 23 heavy (non-hydrogen) atoms. The van der Waals surface area contributed by atoms with Gasteiger partial charge in [0.05, 0.1) is 6.61 Å². The molecule has 2 fully saturated rings. The number of hydrogen-bond acceptors (Lipinski definition) is 4. The highest BCUT2D eigenvalue weighted by Crippen LogP contribution is 2.34. The van der Waals surface area contributed by atoms with E-state index in [-0.39, 0.29) is 12.1 Å². The maximum atomic E-state index is 12.3. The summed E-state index contributed by atoms with van der Waals surface area (Å²) in [6, 6.07) is 0.599. The zero-order valence-corrected chi connectivity index (χ0v) is 14.7. The maximum Gasteiger partial charge on any atom is 0.317 e. The predicted molar refractivity (Wildman–Crippen MR) is 89.4 cm³/mol. The van der Waals surface area contributed by atoms with Crippen molar-refractivity contribution in [1.82, 2.24) is 15.1 Å². The number of ketones is 1. The van der Waals surface area contributed by atoms with Crippen LogP contribution in [0, 0.1) is 5.92 Å². The number of carbonyl (C=O) groups is 2. The highest BCUT2D eigenvalue weighted by Gasteiger charge is 2.39. The Labute approximate surface area is 139 Å². The van der Waals surface area contributed by atoms with Gasteiger partial charge in [-0.05, 0) is 31.7 Å². The van der Waals surface area contributed by atoms with E-state index in [4.69, 9.17) is 4.74 Å². The first-order valence-corrected chi connectivity index (χ1v) is 8.81. The number of nitrogens with one attached hydrogen (secondary N) is 1. The predicted octanol–water partition coefficient (Wildman–Crippen LogP) is 1.50. The van der Waals surface area contributed by atoms with Gasteiger partial charge < -0.3 is 15.0 Å². The molecule has 2 aliphatic rings. The highest BCUT2D eigenvalue weighted by molar-refractivity contribution is 5.79. The fourth-order valence-corrected chi connectivity index (χ4v) is 3.92. The van der Waals surface area contributed by atoms with Gasteiger partial charge in [-0.15, -0.1) is 0 Å². The van der Waals surface area contributed by atoms with Crippen LogP contribution >= 0.6 is 0 Å². The second kappa shape index (κ2) is 8.64. The smallest absolute Gasteiger partial charge is 0.317 e. The highest BCUT2D eigenvalue weighted by atomic mass is 16.5. The monoisotopic (exact) mass is 325 g/mol. The molecule has 6 heteroatoms. The summed E-state index contributed by atoms with van der Waals surface area (Å²) in [5.74, 6) is 0.776. The second-order valence-electron chi connectivity index (χ2n) is 6.90. The average molecular weight is 325 g/mol. The number of fused-ring (bicyclic) bond motifs is 1. The number of Topliss-reactive ketones (excluding diaryl/α,β-unsaturated/α-hetero) is 1. The van der Waals surface area contributed by atoms with Crippen LogP contribution in [0.5, 0.6) is 0 Å². The Morgan fingerprint density at radius 3 is 2.96 bits per heavy atom. The van der Waals surface area contributed by atoms with Gasteiger partial charge in [-0.25, -0.2) is 4.79 Å². The molecule has 0 aromatic rings. The van der Waals surface area contributed by atoms with Crippen molar-refractivity contribution in [2.45, 2.75) is 51.1 Å². The SMILES string of the molecule is CCCN1C[C@@H](NC(=O)N(C)CCOC)C[C@@H]2CC(=O)CC[C@H]21. The molecule has 0 radical (unpaired) electrons. The van der Waals surface area contributed by atoms with Crippen LogP contribution in [0.4, 0.5) is 4.79 Å². The van der Waals surface area contributed by atoms with Crippen LogP contribution in [-0.2, 0) is 9.53 Å². The zero-order chi connectivity index (χ0) is 16.8. The lowest BCUT2D eigenvalue weighted by atomic mass is 9.76. The number of piperidine rings is 1. The Morgan fingerprint density at radius 1 is 1.48 bits per heavy atom. The molecule has 1 saturated heterocycles. The molecule has 0 aromatic heterocycles. The minimum Gasteiger partial charge on any atom is -0.383 e. The lowest BCUT2D eigenvalue weighted by molar-refractivity contribution is -0.124. The summed E-state index contributed by atoms with van der Waals surface area (Å²) in [5, 5.41) is 3.14. The van der Waals surface area contributed by atoms with E-state index in [2.05, 4.69) is 17.1 Å². The molecule has 3 atom stereocenters. The number of likely N-dealkylation sites (tertiary alicyclic amines) is 1. The zero-order valence-electron chi connectivity index (χ0n) is 14.7. The largest absolute Gasteiger partial charge is 0.383 e. The Balaban J connectivity index is 1.94. The molecule has 1 heterocycles. The van der Waals surface area contributed by atoms with E-state index in [1.807, 2.05) is 0 Å². The van der Waals surface area contributed by atoms with Gasteiger partial charge in [-0.3, -0.25) is 9.69 Å². The van der Waals surface area contributed by atoms with Crippen molar-refractivity contribution in [3.05, 3.63) is 0 Å². The van der Waals surface area contributed by atoms with Gasteiger partial charge in [0.2, 0.25) is 0 Å². The molecule has 0 unspecified atom stereocenters. The fraction of sp³-hybridized carbons (Fsp3) is 0.882. The summed E-state index contributed by atoms with van der Waals surface area (Å²) in [6.45, 7) is 5.24. The van der Waals surface area contributed by atoms with Crippen LogP contribution in [0.25, 0.3) is 0 Å². The Hall–Kier alpha value is -1.14. The van der Waals surface area contributed by atoms with E-state index in [0.29, 0.717) is 37.3 Å². The number of likely N-dealkylation sites (N-methyl/N-ethyl adjacent to an activating group) is 1. The molecule has 1 aliphatic carbocycles. The summed E-state index contributed by atoms with van der Waals surface area (Å²) in [7, 11) is 3.42. The number of amides is 2. The van der Waals surface area contributed by atoms with E-state index < -0.39 is 0 Å². The normalized spacial score (nSPS) is 28.3. The quantitative estimate of drug-likeness (QED) is 0.804. The van der Waals surface area contributed by atoms with Gasteiger partial charge in [0.1, 0.15) is 5.78 Å². The molecule has 1 N–H and O–H groups in total. The topological polar surface area (TPSA) is 61.9 Å². The van der Waals surface area contributed by atoms with E-state index >= 15 is 0 Å². The minimum atomic E-state index is -0.0518. The number of carbonyl (C=O) groups excluding carboxylic acids is 2. The maximum absolute atomic E-state index is 12.3. The lowest BCUT2D eigenvalue weighted by Crippen LogP contribution is -2.58. The molecule has 0 spiro atoms. The number of rotatable bonds is 6. The lowest BCUT2D eigenvalue weighted by Gasteiger charge is -2.47. The summed E-state index contributed by atoms with van der Waals surface area (Å²) < 4.78 is 5.02. The third-order valence-electron chi connectivity index (χ3n) is 5.08. The molecular weight excluding hydrogens is 294 g/mol. The van der Waals surface area contributed by atoms with Crippen molar-refractivity contribution >= 4 is 11.8 Å². The van der Waals surface area contributed by atoms with Gasteiger partial charge in [0, 0.05) is 52.2 Å². The summed E-state index contributed by atoms with van der Waals surface area (Å²) >= 11 is 0. The summed E-state index contributed by atoms with van der Waals surface area (Å²) in [6.07, 6.45) is 4.40. The van der Waals surface area contributed by atoms with E-state index in [1.165, 1.54) is 0 Å². The van der Waals surface area contributed by atoms with Crippen molar-refractivity contribution in [3.8, 4) is 0 Å². The van der Waals surface area contributed by atoms with Crippen molar-refractivity contribution in [2.24, 2.45) is 5.92 Å². The van der Waals surface area contributed by atoms with Crippen molar-refractivity contribution in [3.63, 3.8) is 0 Å². The number of nitrogens with zero attached hydrogens (tertiary/aromatic N) is 2. The van der Waals surface area contributed by atoms with Crippen molar-refractivity contribution in [1.29, 1.82) is 0 Å².